The number of para-hydroxylation sites is 1. The van der Waals surface area contributed by atoms with Gasteiger partial charge in [0.1, 0.15) is 24.5 Å². The minimum atomic E-state index is -0.241. The number of rotatable bonds is 10. The van der Waals surface area contributed by atoms with Crippen molar-refractivity contribution in [2.24, 2.45) is 5.92 Å². The Morgan fingerprint density at radius 1 is 0.946 bits per heavy atom. The SMILES string of the molecule is O=c1n(-c2ccc(NCc3ccc(F)cc3)cc2)cnn1CC1CCN(CCOc2ccccc2)CC1. The smallest absolute Gasteiger partial charge is 0.350 e. The molecule has 1 aromatic heterocycles. The molecule has 0 saturated carbocycles. The highest BCUT2D eigenvalue weighted by Gasteiger charge is 2.21. The minimum Gasteiger partial charge on any atom is -0.492 e. The second kappa shape index (κ2) is 11.9. The molecule has 1 aliphatic rings. The van der Waals surface area contributed by atoms with E-state index in [-0.39, 0.29) is 11.5 Å². The number of likely N-dealkylation sites (tertiary alicyclic amines) is 1. The summed E-state index contributed by atoms with van der Waals surface area (Å²) in [5.41, 5.74) is 2.58. The number of nitrogens with one attached hydrogen (secondary N) is 1. The maximum Gasteiger partial charge on any atom is 0.350 e. The Kier molecular flexibility index (Phi) is 7.96. The molecular formula is C29H32FN5O2. The molecule has 0 unspecified atom stereocenters. The van der Waals surface area contributed by atoms with Gasteiger partial charge in [-0.3, -0.25) is 4.90 Å². The first kappa shape index (κ1) is 24.8. The summed E-state index contributed by atoms with van der Waals surface area (Å²) in [5.74, 6) is 1.10. The van der Waals surface area contributed by atoms with Crippen molar-refractivity contribution in [1.29, 1.82) is 0 Å². The predicted octanol–water partition coefficient (Wildman–Crippen LogP) is 4.58. The number of anilines is 1. The summed E-state index contributed by atoms with van der Waals surface area (Å²) in [6.07, 6.45) is 3.68. The molecule has 5 rings (SSSR count). The van der Waals surface area contributed by atoms with Crippen LogP contribution in [0, 0.1) is 11.7 Å². The largest absolute Gasteiger partial charge is 0.492 e. The van der Waals surface area contributed by atoms with Crippen LogP contribution in [0.25, 0.3) is 5.69 Å². The van der Waals surface area contributed by atoms with Crippen molar-refractivity contribution < 1.29 is 9.13 Å². The molecule has 1 fully saturated rings. The molecule has 0 atom stereocenters. The lowest BCUT2D eigenvalue weighted by molar-refractivity contribution is 0.145. The summed E-state index contributed by atoms with van der Waals surface area (Å²) in [6.45, 7) is 4.83. The van der Waals surface area contributed by atoms with Gasteiger partial charge >= 0.3 is 5.69 Å². The van der Waals surface area contributed by atoms with Crippen LogP contribution in [0.5, 0.6) is 5.75 Å². The van der Waals surface area contributed by atoms with E-state index in [0.717, 1.165) is 55.2 Å². The third kappa shape index (κ3) is 6.65. The van der Waals surface area contributed by atoms with Crippen LogP contribution >= 0.6 is 0 Å². The Morgan fingerprint density at radius 3 is 2.41 bits per heavy atom. The van der Waals surface area contributed by atoms with Crippen molar-refractivity contribution in [2.45, 2.75) is 25.9 Å². The molecular weight excluding hydrogens is 469 g/mol. The van der Waals surface area contributed by atoms with Gasteiger partial charge in [-0.1, -0.05) is 30.3 Å². The Balaban J connectivity index is 1.09. The number of aromatic nitrogens is 3. The molecule has 0 amide bonds. The zero-order valence-electron chi connectivity index (χ0n) is 20.8. The van der Waals surface area contributed by atoms with Crippen LogP contribution in [0.2, 0.25) is 0 Å². The lowest BCUT2D eigenvalue weighted by Crippen LogP contribution is -2.38. The Morgan fingerprint density at radius 2 is 1.68 bits per heavy atom. The number of piperidine rings is 1. The van der Waals surface area contributed by atoms with Crippen molar-refractivity contribution in [3.05, 3.63) is 107 Å². The van der Waals surface area contributed by atoms with Gasteiger partial charge in [-0.25, -0.2) is 18.4 Å². The average Bonchev–Trinajstić information content (AvgIpc) is 3.30. The van der Waals surface area contributed by atoms with Gasteiger partial charge in [0.05, 0.1) is 5.69 Å². The highest BCUT2D eigenvalue weighted by molar-refractivity contribution is 5.49. The van der Waals surface area contributed by atoms with Crippen molar-refractivity contribution in [1.82, 2.24) is 19.2 Å². The van der Waals surface area contributed by atoms with Crippen LogP contribution in [-0.2, 0) is 13.1 Å². The molecule has 1 saturated heterocycles. The first-order chi connectivity index (χ1) is 18.1. The zero-order valence-corrected chi connectivity index (χ0v) is 20.8. The molecule has 0 spiro atoms. The van der Waals surface area contributed by atoms with Crippen molar-refractivity contribution in [3.63, 3.8) is 0 Å². The van der Waals surface area contributed by atoms with Gasteiger partial charge in [-0.2, -0.15) is 5.10 Å². The van der Waals surface area contributed by atoms with E-state index in [9.17, 15) is 9.18 Å². The van der Waals surface area contributed by atoms with E-state index in [4.69, 9.17) is 4.74 Å². The Hall–Kier alpha value is -3.91. The van der Waals surface area contributed by atoms with Crippen LogP contribution < -0.4 is 15.7 Å². The average molecular weight is 502 g/mol. The quantitative estimate of drug-likeness (QED) is 0.345. The third-order valence-electron chi connectivity index (χ3n) is 6.85. The fourth-order valence-corrected chi connectivity index (χ4v) is 4.63. The first-order valence-corrected chi connectivity index (χ1v) is 12.8. The minimum absolute atomic E-state index is 0.120. The molecule has 192 valence electrons. The first-order valence-electron chi connectivity index (χ1n) is 12.8. The van der Waals surface area contributed by atoms with Crippen LogP contribution in [0.15, 0.2) is 90.0 Å². The third-order valence-corrected chi connectivity index (χ3v) is 6.85. The van der Waals surface area contributed by atoms with E-state index in [0.29, 0.717) is 25.6 Å². The van der Waals surface area contributed by atoms with Crippen LogP contribution in [0.4, 0.5) is 10.1 Å². The molecule has 8 heteroatoms. The Labute approximate surface area is 216 Å². The molecule has 2 heterocycles. The Bertz CT molecular complexity index is 1310. The fourth-order valence-electron chi connectivity index (χ4n) is 4.63. The van der Waals surface area contributed by atoms with E-state index < -0.39 is 0 Å². The molecule has 3 aromatic carbocycles. The summed E-state index contributed by atoms with van der Waals surface area (Å²) in [7, 11) is 0. The molecule has 0 aliphatic carbocycles. The topological polar surface area (TPSA) is 64.3 Å². The monoisotopic (exact) mass is 501 g/mol. The predicted molar refractivity (Wildman–Crippen MR) is 143 cm³/mol. The lowest BCUT2D eigenvalue weighted by Gasteiger charge is -2.31. The maximum atomic E-state index is 13.1. The van der Waals surface area contributed by atoms with Crippen molar-refractivity contribution in [2.75, 3.05) is 31.6 Å². The number of nitrogens with zero attached hydrogens (tertiary/aromatic N) is 4. The number of benzene rings is 3. The summed E-state index contributed by atoms with van der Waals surface area (Å²) in [5, 5.41) is 7.70. The molecule has 1 N–H and O–H groups in total. The number of ether oxygens (including phenoxy) is 1. The van der Waals surface area contributed by atoms with E-state index in [1.807, 2.05) is 54.6 Å². The number of hydrogen-bond acceptors (Lipinski definition) is 5. The highest BCUT2D eigenvalue weighted by atomic mass is 19.1. The molecule has 37 heavy (non-hydrogen) atoms. The summed E-state index contributed by atoms with van der Waals surface area (Å²) in [6, 6.07) is 24.0. The normalized spacial score (nSPS) is 14.5. The standard InChI is InChI=1S/C29H32FN5O2/c30-25-8-6-23(7-9-25)20-31-26-10-12-27(13-11-26)34-22-32-35(29(34)36)21-24-14-16-33(17-15-24)18-19-37-28-4-2-1-3-5-28/h1-13,22,24,31H,14-21H2. The summed E-state index contributed by atoms with van der Waals surface area (Å²) < 4.78 is 22.1. The second-order valence-corrected chi connectivity index (χ2v) is 9.44. The lowest BCUT2D eigenvalue weighted by atomic mass is 9.97. The van der Waals surface area contributed by atoms with Gasteiger partial charge in [-0.15, -0.1) is 0 Å². The van der Waals surface area contributed by atoms with E-state index >= 15 is 0 Å². The highest BCUT2D eigenvalue weighted by Crippen LogP contribution is 2.19. The molecule has 7 nitrogen and oxygen atoms in total. The van der Waals surface area contributed by atoms with E-state index in [1.165, 1.54) is 12.1 Å². The molecule has 4 aromatic rings. The van der Waals surface area contributed by atoms with Crippen LogP contribution in [-0.4, -0.2) is 45.5 Å². The van der Waals surface area contributed by atoms with Gasteiger partial charge < -0.3 is 10.1 Å². The van der Waals surface area contributed by atoms with Crippen LogP contribution in [0.1, 0.15) is 18.4 Å². The summed E-state index contributed by atoms with van der Waals surface area (Å²) >= 11 is 0. The van der Waals surface area contributed by atoms with Gasteiger partial charge in [0, 0.05) is 25.3 Å². The van der Waals surface area contributed by atoms with Gasteiger partial charge in [-0.05, 0) is 85.9 Å². The number of halogens is 1. The van der Waals surface area contributed by atoms with Gasteiger partial charge in [0.2, 0.25) is 0 Å². The van der Waals surface area contributed by atoms with Gasteiger partial charge in [0.15, 0.2) is 0 Å². The van der Waals surface area contributed by atoms with E-state index in [1.54, 1.807) is 27.7 Å². The van der Waals surface area contributed by atoms with Crippen molar-refractivity contribution >= 4 is 5.69 Å². The zero-order chi connectivity index (χ0) is 25.5. The number of hydrogen-bond donors (Lipinski definition) is 1. The molecule has 1 aliphatic heterocycles. The van der Waals surface area contributed by atoms with Crippen LogP contribution in [0.3, 0.4) is 0 Å². The van der Waals surface area contributed by atoms with Gasteiger partial charge in [0.25, 0.3) is 0 Å². The molecule has 0 bridgehead atoms. The van der Waals surface area contributed by atoms with E-state index in [2.05, 4.69) is 15.3 Å². The fraction of sp³-hybridized carbons (Fsp3) is 0.310. The molecule has 0 radical (unpaired) electrons. The summed E-state index contributed by atoms with van der Waals surface area (Å²) in [4.78, 5) is 15.4. The second-order valence-electron chi connectivity index (χ2n) is 9.44. The maximum absolute atomic E-state index is 13.1. The van der Waals surface area contributed by atoms with Crippen molar-refractivity contribution in [3.8, 4) is 11.4 Å².